The second-order valence-electron chi connectivity index (χ2n) is 4.64. The summed E-state index contributed by atoms with van der Waals surface area (Å²) in [6.07, 6.45) is 0.563. The zero-order chi connectivity index (χ0) is 17.8. The number of esters is 1. The molecule has 8 heteroatoms. The van der Waals surface area contributed by atoms with Gasteiger partial charge in [-0.15, -0.1) is 0 Å². The lowest BCUT2D eigenvalue weighted by atomic mass is 10.3. The number of rotatable bonds is 9. The zero-order valence-corrected chi connectivity index (χ0v) is 13.8. The number of hydrogen-bond donors (Lipinski definition) is 2. The van der Waals surface area contributed by atoms with Crippen LogP contribution in [-0.2, 0) is 14.3 Å². The molecule has 0 bridgehead atoms. The van der Waals surface area contributed by atoms with Crippen molar-refractivity contribution < 1.29 is 28.6 Å². The van der Waals surface area contributed by atoms with Gasteiger partial charge in [0.25, 0.3) is 5.91 Å². The van der Waals surface area contributed by atoms with Crippen molar-refractivity contribution >= 4 is 17.9 Å². The fraction of sp³-hybridized carbons (Fsp3) is 0.438. The molecule has 0 aliphatic carbocycles. The van der Waals surface area contributed by atoms with Crippen molar-refractivity contribution in [2.45, 2.75) is 19.8 Å². The monoisotopic (exact) mass is 338 g/mol. The van der Waals surface area contributed by atoms with Gasteiger partial charge in [-0.3, -0.25) is 14.9 Å². The molecule has 0 saturated heterocycles. The molecule has 0 unspecified atom stereocenters. The van der Waals surface area contributed by atoms with E-state index >= 15 is 0 Å². The molecule has 0 aromatic heterocycles. The summed E-state index contributed by atoms with van der Waals surface area (Å²) in [7, 11) is 1.37. The van der Waals surface area contributed by atoms with E-state index in [0.29, 0.717) is 25.4 Å². The van der Waals surface area contributed by atoms with Gasteiger partial charge in [-0.25, -0.2) is 4.79 Å². The Morgan fingerprint density at radius 3 is 2.25 bits per heavy atom. The maximum absolute atomic E-state index is 11.5. The SMILES string of the molecule is CCOc1ccc(OCCCC(=O)OCC(=O)NC(=O)NC)cc1. The van der Waals surface area contributed by atoms with Gasteiger partial charge in [-0.1, -0.05) is 0 Å². The molecule has 0 aliphatic heterocycles. The van der Waals surface area contributed by atoms with Crippen LogP contribution in [0.15, 0.2) is 24.3 Å². The molecule has 3 amide bonds. The standard InChI is InChI=1S/C16H22N2O6/c1-3-22-12-6-8-13(9-7-12)23-10-4-5-15(20)24-11-14(19)18-16(21)17-2/h6-9H,3-5,10-11H2,1-2H3,(H2,17,18,19,21). The van der Waals surface area contributed by atoms with E-state index in [-0.39, 0.29) is 6.42 Å². The largest absolute Gasteiger partial charge is 0.494 e. The van der Waals surface area contributed by atoms with Gasteiger partial charge in [-0.2, -0.15) is 0 Å². The minimum Gasteiger partial charge on any atom is -0.494 e. The lowest BCUT2D eigenvalue weighted by Crippen LogP contribution is -2.39. The van der Waals surface area contributed by atoms with Crippen LogP contribution in [0.5, 0.6) is 11.5 Å². The maximum Gasteiger partial charge on any atom is 0.321 e. The van der Waals surface area contributed by atoms with E-state index < -0.39 is 24.5 Å². The van der Waals surface area contributed by atoms with Crippen molar-refractivity contribution in [2.24, 2.45) is 0 Å². The molecule has 0 heterocycles. The van der Waals surface area contributed by atoms with Crippen molar-refractivity contribution in [3.05, 3.63) is 24.3 Å². The van der Waals surface area contributed by atoms with Crippen LogP contribution in [0.2, 0.25) is 0 Å². The van der Waals surface area contributed by atoms with E-state index in [1.165, 1.54) is 7.05 Å². The second-order valence-corrected chi connectivity index (χ2v) is 4.64. The number of benzene rings is 1. The van der Waals surface area contributed by atoms with Gasteiger partial charge < -0.3 is 19.5 Å². The molecule has 24 heavy (non-hydrogen) atoms. The fourth-order valence-electron chi connectivity index (χ4n) is 1.65. The molecule has 8 nitrogen and oxygen atoms in total. The second kappa shape index (κ2) is 10.9. The van der Waals surface area contributed by atoms with Crippen LogP contribution in [-0.4, -0.2) is 44.8 Å². The third kappa shape index (κ3) is 8.02. The van der Waals surface area contributed by atoms with Gasteiger partial charge in [0.15, 0.2) is 6.61 Å². The van der Waals surface area contributed by atoms with Crippen molar-refractivity contribution in [1.82, 2.24) is 10.6 Å². The van der Waals surface area contributed by atoms with E-state index in [1.807, 2.05) is 12.2 Å². The summed E-state index contributed by atoms with van der Waals surface area (Å²) in [5.74, 6) is 0.228. The van der Waals surface area contributed by atoms with Gasteiger partial charge in [-0.05, 0) is 37.6 Å². The highest BCUT2D eigenvalue weighted by Gasteiger charge is 2.09. The van der Waals surface area contributed by atoms with Crippen LogP contribution in [0.3, 0.4) is 0 Å². The smallest absolute Gasteiger partial charge is 0.321 e. The highest BCUT2D eigenvalue weighted by atomic mass is 16.5. The molecule has 0 atom stereocenters. The van der Waals surface area contributed by atoms with Crippen LogP contribution >= 0.6 is 0 Å². The highest BCUT2D eigenvalue weighted by Crippen LogP contribution is 2.17. The zero-order valence-electron chi connectivity index (χ0n) is 13.8. The van der Waals surface area contributed by atoms with Crippen LogP contribution in [0.4, 0.5) is 4.79 Å². The van der Waals surface area contributed by atoms with Crippen molar-refractivity contribution in [2.75, 3.05) is 26.9 Å². The summed E-state index contributed by atoms with van der Waals surface area (Å²) < 4.78 is 15.5. The number of ether oxygens (including phenoxy) is 3. The van der Waals surface area contributed by atoms with E-state index in [9.17, 15) is 14.4 Å². The Morgan fingerprint density at radius 2 is 1.67 bits per heavy atom. The molecule has 1 aromatic carbocycles. The molecule has 0 radical (unpaired) electrons. The number of carbonyl (C=O) groups excluding carboxylic acids is 3. The predicted octanol–water partition coefficient (Wildman–Crippen LogP) is 1.24. The van der Waals surface area contributed by atoms with Crippen LogP contribution < -0.4 is 20.1 Å². The topological polar surface area (TPSA) is 103 Å². The molecule has 0 fully saturated rings. The Morgan fingerprint density at radius 1 is 1.04 bits per heavy atom. The van der Waals surface area contributed by atoms with E-state index in [0.717, 1.165) is 5.75 Å². The molecule has 1 aromatic rings. The van der Waals surface area contributed by atoms with Crippen molar-refractivity contribution in [3.63, 3.8) is 0 Å². The summed E-state index contributed by atoms with van der Waals surface area (Å²) in [4.78, 5) is 33.5. The summed E-state index contributed by atoms with van der Waals surface area (Å²) in [6, 6.07) is 6.52. The first kappa shape index (κ1) is 19.3. The maximum atomic E-state index is 11.5. The number of urea groups is 1. The molecule has 0 spiro atoms. The molecule has 0 saturated carbocycles. The Bertz CT molecular complexity index is 544. The van der Waals surface area contributed by atoms with E-state index in [1.54, 1.807) is 24.3 Å². The summed E-state index contributed by atoms with van der Waals surface area (Å²) >= 11 is 0. The lowest BCUT2D eigenvalue weighted by molar-refractivity contribution is -0.148. The molecular formula is C16H22N2O6. The van der Waals surface area contributed by atoms with E-state index in [2.05, 4.69) is 5.32 Å². The predicted molar refractivity (Wildman–Crippen MR) is 85.9 cm³/mol. The number of hydrogen-bond acceptors (Lipinski definition) is 6. The average Bonchev–Trinajstić information content (AvgIpc) is 2.58. The van der Waals surface area contributed by atoms with Gasteiger partial charge in [0.2, 0.25) is 0 Å². The molecule has 132 valence electrons. The summed E-state index contributed by atoms with van der Waals surface area (Å²) in [6.45, 7) is 2.36. The van der Waals surface area contributed by atoms with Gasteiger partial charge in [0.05, 0.1) is 13.2 Å². The Balaban J connectivity index is 2.14. The van der Waals surface area contributed by atoms with Crippen LogP contribution in [0.25, 0.3) is 0 Å². The normalized spacial score (nSPS) is 9.75. The first-order valence-corrected chi connectivity index (χ1v) is 7.58. The number of nitrogens with one attached hydrogen (secondary N) is 2. The number of imide groups is 1. The number of amides is 3. The summed E-state index contributed by atoms with van der Waals surface area (Å²) in [5, 5.41) is 4.20. The first-order chi connectivity index (χ1) is 11.5. The molecule has 1 rings (SSSR count). The Kier molecular flexibility index (Phi) is 8.73. The van der Waals surface area contributed by atoms with Crippen molar-refractivity contribution in [3.8, 4) is 11.5 Å². The average molecular weight is 338 g/mol. The Labute approximate surface area is 140 Å². The fourth-order valence-corrected chi connectivity index (χ4v) is 1.65. The Hall–Kier alpha value is -2.77. The minimum absolute atomic E-state index is 0.115. The number of carbonyl (C=O) groups is 3. The van der Waals surface area contributed by atoms with Gasteiger partial charge in [0, 0.05) is 13.5 Å². The third-order valence-electron chi connectivity index (χ3n) is 2.77. The van der Waals surface area contributed by atoms with Crippen LogP contribution in [0, 0.1) is 0 Å². The molecular weight excluding hydrogens is 316 g/mol. The van der Waals surface area contributed by atoms with Gasteiger partial charge >= 0.3 is 12.0 Å². The summed E-state index contributed by atoms with van der Waals surface area (Å²) in [5.41, 5.74) is 0. The van der Waals surface area contributed by atoms with E-state index in [4.69, 9.17) is 14.2 Å². The lowest BCUT2D eigenvalue weighted by Gasteiger charge is -2.08. The van der Waals surface area contributed by atoms with Gasteiger partial charge in [0.1, 0.15) is 11.5 Å². The molecule has 0 aliphatic rings. The highest BCUT2D eigenvalue weighted by molar-refractivity contribution is 5.95. The third-order valence-corrected chi connectivity index (χ3v) is 2.77. The first-order valence-electron chi connectivity index (χ1n) is 7.58. The van der Waals surface area contributed by atoms with Crippen LogP contribution in [0.1, 0.15) is 19.8 Å². The minimum atomic E-state index is -0.687. The van der Waals surface area contributed by atoms with Crippen molar-refractivity contribution in [1.29, 1.82) is 0 Å². The molecule has 2 N–H and O–H groups in total. The quantitative estimate of drug-likeness (QED) is 0.519.